The summed E-state index contributed by atoms with van der Waals surface area (Å²) in [6.45, 7) is 0. The summed E-state index contributed by atoms with van der Waals surface area (Å²) in [5.74, 6) is 1.06. The lowest BCUT2D eigenvalue weighted by Gasteiger charge is -2.22. The highest BCUT2D eigenvalue weighted by molar-refractivity contribution is 5.78. The molecule has 0 spiro atoms. The molecule has 0 aliphatic heterocycles. The van der Waals surface area contributed by atoms with Crippen molar-refractivity contribution >= 4 is 17.1 Å². The maximum absolute atomic E-state index is 13.0. The van der Waals surface area contributed by atoms with Crippen molar-refractivity contribution in [3.05, 3.63) is 70.5 Å². The van der Waals surface area contributed by atoms with Gasteiger partial charge >= 0.3 is 0 Å². The summed E-state index contributed by atoms with van der Waals surface area (Å²) in [5.41, 5.74) is 1.35. The van der Waals surface area contributed by atoms with Crippen molar-refractivity contribution in [1.82, 2.24) is 14.6 Å². The first-order valence-electron chi connectivity index (χ1n) is 8.80. The molecule has 3 aromatic rings. The van der Waals surface area contributed by atoms with E-state index in [0.717, 1.165) is 29.9 Å². The Bertz CT molecular complexity index is 956. The number of nitrogens with zero attached hydrogens (tertiary/aromatic N) is 4. The highest BCUT2D eigenvalue weighted by Crippen LogP contribution is 2.31. The van der Waals surface area contributed by atoms with E-state index in [1.807, 2.05) is 42.5 Å². The zero-order valence-electron chi connectivity index (χ0n) is 14.0. The van der Waals surface area contributed by atoms with Crippen LogP contribution >= 0.6 is 0 Å². The fraction of sp³-hybridized carbons (Fsp3) is 0.300. The first kappa shape index (κ1) is 15.7. The number of hydrogen-bond acceptors (Lipinski definition) is 4. The van der Waals surface area contributed by atoms with Gasteiger partial charge in [-0.15, -0.1) is 0 Å². The van der Waals surface area contributed by atoms with Crippen LogP contribution in [0.25, 0.3) is 10.9 Å². The van der Waals surface area contributed by atoms with Crippen LogP contribution in [0.3, 0.4) is 0 Å². The van der Waals surface area contributed by atoms with E-state index < -0.39 is 0 Å². The lowest BCUT2D eigenvalue weighted by molar-refractivity contribution is 0.416. The summed E-state index contributed by atoms with van der Waals surface area (Å²) in [4.78, 5) is 22.0. The normalized spacial score (nSPS) is 15.8. The smallest absolute Gasteiger partial charge is 0.267 e. The Balaban J connectivity index is 1.86. The van der Waals surface area contributed by atoms with Gasteiger partial charge in [0.15, 0.2) is 0 Å². The summed E-state index contributed by atoms with van der Waals surface area (Å²) < 4.78 is 1.48. The molecule has 1 fully saturated rings. The van der Waals surface area contributed by atoms with E-state index in [-0.39, 0.29) is 11.5 Å². The molecule has 0 N–H and O–H groups in total. The quantitative estimate of drug-likeness (QED) is 0.687. The molecule has 0 unspecified atom stereocenters. The fourth-order valence-electron chi connectivity index (χ4n) is 3.45. The zero-order chi connectivity index (χ0) is 17.1. The third-order valence-electron chi connectivity index (χ3n) is 4.74. The van der Waals surface area contributed by atoms with Crippen molar-refractivity contribution in [3.8, 4) is 0 Å². The molecular formula is C20H20N4O. The Labute approximate surface area is 146 Å². The van der Waals surface area contributed by atoms with Crippen molar-refractivity contribution < 1.29 is 0 Å². The lowest BCUT2D eigenvalue weighted by Crippen LogP contribution is -2.25. The average molecular weight is 332 g/mol. The number of fused-ring (bicyclic) bond motifs is 1. The van der Waals surface area contributed by atoms with Crippen LogP contribution in [0, 0.1) is 0 Å². The van der Waals surface area contributed by atoms with E-state index in [1.54, 1.807) is 12.4 Å². The van der Waals surface area contributed by atoms with Gasteiger partial charge in [-0.25, -0.2) is 4.98 Å². The minimum absolute atomic E-state index is 0.113. The van der Waals surface area contributed by atoms with Gasteiger partial charge in [0, 0.05) is 12.1 Å². The predicted molar refractivity (Wildman–Crippen MR) is 99.1 cm³/mol. The van der Waals surface area contributed by atoms with Crippen LogP contribution in [0.4, 0.5) is 0 Å². The molecule has 1 aliphatic rings. The largest absolute Gasteiger partial charge is 0.282 e. The Morgan fingerprint density at radius 3 is 2.64 bits per heavy atom. The zero-order valence-corrected chi connectivity index (χ0v) is 14.0. The molecule has 1 aromatic carbocycles. The van der Waals surface area contributed by atoms with Crippen molar-refractivity contribution in [2.45, 2.75) is 38.0 Å². The van der Waals surface area contributed by atoms with E-state index >= 15 is 0 Å². The standard InChI is InChI=1S/C20H20N4O/c25-20-17-11-4-5-12-18(17)23-19(15-8-2-1-3-9-15)24(20)22-14-16-10-6-7-13-21-16/h4-7,10-15H,1-3,8-9H2. The number of para-hydroxylation sites is 1. The SMILES string of the molecule is O=c1c2ccccc2nc(C2CCCCC2)n1N=Cc1ccccn1. The van der Waals surface area contributed by atoms with Gasteiger partial charge in [-0.3, -0.25) is 9.78 Å². The molecule has 0 bridgehead atoms. The summed E-state index contributed by atoms with van der Waals surface area (Å²) in [6, 6.07) is 13.1. The highest BCUT2D eigenvalue weighted by atomic mass is 16.1. The third-order valence-corrected chi connectivity index (χ3v) is 4.74. The van der Waals surface area contributed by atoms with Crippen molar-refractivity contribution in [1.29, 1.82) is 0 Å². The molecule has 2 heterocycles. The van der Waals surface area contributed by atoms with Gasteiger partial charge in [-0.2, -0.15) is 9.78 Å². The molecule has 0 amide bonds. The van der Waals surface area contributed by atoms with Crippen LogP contribution in [0.2, 0.25) is 0 Å². The topological polar surface area (TPSA) is 60.1 Å². The summed E-state index contributed by atoms with van der Waals surface area (Å²) in [6.07, 6.45) is 9.07. The van der Waals surface area contributed by atoms with E-state index in [4.69, 9.17) is 4.98 Å². The summed E-state index contributed by atoms with van der Waals surface area (Å²) in [7, 11) is 0. The maximum atomic E-state index is 13.0. The van der Waals surface area contributed by atoms with Crippen LogP contribution in [-0.2, 0) is 0 Å². The molecule has 5 nitrogen and oxygen atoms in total. The summed E-state index contributed by atoms with van der Waals surface area (Å²) >= 11 is 0. The Morgan fingerprint density at radius 1 is 1.04 bits per heavy atom. The molecule has 0 saturated heterocycles. The van der Waals surface area contributed by atoms with Crippen LogP contribution in [0.5, 0.6) is 0 Å². The van der Waals surface area contributed by atoms with Gasteiger partial charge in [-0.1, -0.05) is 37.5 Å². The molecule has 5 heteroatoms. The van der Waals surface area contributed by atoms with E-state index in [1.165, 1.54) is 23.9 Å². The Hall–Kier alpha value is -2.82. The number of aromatic nitrogens is 3. The van der Waals surface area contributed by atoms with E-state index in [0.29, 0.717) is 5.39 Å². The maximum Gasteiger partial charge on any atom is 0.282 e. The van der Waals surface area contributed by atoms with Gasteiger partial charge in [-0.05, 0) is 37.1 Å². The van der Waals surface area contributed by atoms with E-state index in [2.05, 4.69) is 10.1 Å². The second kappa shape index (κ2) is 6.97. The molecule has 1 aliphatic carbocycles. The van der Waals surface area contributed by atoms with Gasteiger partial charge < -0.3 is 0 Å². The summed E-state index contributed by atoms with van der Waals surface area (Å²) in [5, 5.41) is 5.05. The monoisotopic (exact) mass is 332 g/mol. The molecule has 126 valence electrons. The van der Waals surface area contributed by atoms with Gasteiger partial charge in [0.05, 0.1) is 22.8 Å². The molecule has 2 aromatic heterocycles. The number of rotatable bonds is 3. The second-order valence-electron chi connectivity index (χ2n) is 6.44. The van der Waals surface area contributed by atoms with Gasteiger partial charge in [0.25, 0.3) is 5.56 Å². The minimum atomic E-state index is -0.113. The molecule has 0 radical (unpaired) electrons. The molecule has 4 rings (SSSR count). The van der Waals surface area contributed by atoms with Crippen molar-refractivity contribution in [2.24, 2.45) is 5.10 Å². The molecule has 25 heavy (non-hydrogen) atoms. The first-order valence-corrected chi connectivity index (χ1v) is 8.80. The lowest BCUT2D eigenvalue weighted by atomic mass is 9.88. The van der Waals surface area contributed by atoms with Crippen LogP contribution in [0.1, 0.15) is 49.5 Å². The Morgan fingerprint density at radius 2 is 1.84 bits per heavy atom. The number of pyridine rings is 1. The average Bonchev–Trinajstić information content (AvgIpc) is 2.69. The third kappa shape index (κ3) is 3.22. The van der Waals surface area contributed by atoms with Gasteiger partial charge in [0.1, 0.15) is 5.82 Å². The minimum Gasteiger partial charge on any atom is -0.267 e. The van der Waals surface area contributed by atoms with Crippen molar-refractivity contribution in [3.63, 3.8) is 0 Å². The number of hydrogen-bond donors (Lipinski definition) is 0. The Kier molecular flexibility index (Phi) is 4.37. The van der Waals surface area contributed by atoms with Gasteiger partial charge in [0.2, 0.25) is 0 Å². The number of benzene rings is 1. The second-order valence-corrected chi connectivity index (χ2v) is 6.44. The van der Waals surface area contributed by atoms with Crippen molar-refractivity contribution in [2.75, 3.05) is 0 Å². The first-order chi connectivity index (χ1) is 12.3. The molecule has 0 atom stereocenters. The van der Waals surface area contributed by atoms with Crippen LogP contribution < -0.4 is 5.56 Å². The fourth-order valence-corrected chi connectivity index (χ4v) is 3.45. The predicted octanol–water partition coefficient (Wildman–Crippen LogP) is 3.72. The van der Waals surface area contributed by atoms with E-state index in [9.17, 15) is 4.79 Å². The van der Waals surface area contributed by atoms with Crippen LogP contribution in [-0.4, -0.2) is 20.9 Å². The van der Waals surface area contributed by atoms with Crippen LogP contribution in [0.15, 0.2) is 58.6 Å². The highest BCUT2D eigenvalue weighted by Gasteiger charge is 2.22. The molecular weight excluding hydrogens is 312 g/mol. The molecule has 1 saturated carbocycles.